The molecule has 2 atom stereocenters. The number of nitrogens with zero attached hydrogens (tertiary/aromatic N) is 4. The zero-order valence-corrected chi connectivity index (χ0v) is 13.6. The molecule has 0 bridgehead atoms. The molecule has 0 heterocycles. The third-order valence-corrected chi connectivity index (χ3v) is 3.78. The van der Waals surface area contributed by atoms with Crippen LogP contribution in [0.5, 0.6) is 0 Å². The second-order valence-electron chi connectivity index (χ2n) is 5.27. The Morgan fingerprint density at radius 2 is 1.43 bits per heavy atom. The van der Waals surface area contributed by atoms with Crippen LogP contribution in [0.15, 0.2) is 58.8 Å². The van der Waals surface area contributed by atoms with Gasteiger partial charge in [0.2, 0.25) is 0 Å². The number of benzene rings is 2. The van der Waals surface area contributed by atoms with Crippen LogP contribution in [0.4, 0.5) is 0 Å². The van der Waals surface area contributed by atoms with Gasteiger partial charge in [0.25, 0.3) is 0 Å². The Morgan fingerprint density at radius 1 is 0.957 bits per heavy atom. The normalized spacial score (nSPS) is 14.7. The molecule has 0 aliphatic heterocycles. The van der Waals surface area contributed by atoms with Gasteiger partial charge >= 0.3 is 0 Å². The summed E-state index contributed by atoms with van der Waals surface area (Å²) in [5.41, 5.74) is 2.91. The van der Waals surface area contributed by atoms with Gasteiger partial charge in [-0.3, -0.25) is 0 Å². The Morgan fingerprint density at radius 3 is 1.91 bits per heavy atom. The minimum atomic E-state index is -0.991. The van der Waals surface area contributed by atoms with E-state index in [4.69, 9.17) is 22.1 Å². The van der Waals surface area contributed by atoms with Crippen LogP contribution in [0.2, 0.25) is 0 Å². The lowest BCUT2D eigenvalue weighted by atomic mass is 10.1. The number of alkyl halides is 1. The summed E-state index contributed by atoms with van der Waals surface area (Å²) >= 11 is 6.45. The van der Waals surface area contributed by atoms with Gasteiger partial charge in [-0.25, -0.2) is 0 Å². The highest BCUT2D eigenvalue weighted by Crippen LogP contribution is 2.32. The minimum Gasteiger partial charge on any atom is -0.192 e. The summed E-state index contributed by atoms with van der Waals surface area (Å²) in [7, 11) is 0. The van der Waals surface area contributed by atoms with Gasteiger partial charge in [0.1, 0.15) is 0 Å². The number of hydrogen-bond donors (Lipinski definition) is 0. The third kappa shape index (κ3) is 4.16. The third-order valence-electron chi connectivity index (χ3n) is 3.48. The average molecular weight is 323 g/mol. The minimum absolute atomic E-state index is 0.167. The van der Waals surface area contributed by atoms with Gasteiger partial charge in [-0.2, -0.15) is 20.8 Å². The summed E-state index contributed by atoms with van der Waals surface area (Å²) in [4.78, 5) is -0.991. The van der Waals surface area contributed by atoms with Crippen LogP contribution < -0.4 is 0 Å². The van der Waals surface area contributed by atoms with Gasteiger partial charge in [-0.05, 0) is 49.2 Å². The Labute approximate surface area is 140 Å². The van der Waals surface area contributed by atoms with E-state index in [0.717, 1.165) is 11.1 Å². The van der Waals surface area contributed by atoms with Crippen molar-refractivity contribution in [2.75, 3.05) is 0 Å². The molecule has 114 valence electrons. The second-order valence-corrected chi connectivity index (χ2v) is 6.00. The second kappa shape index (κ2) is 7.05. The Bertz CT molecular complexity index is 778. The van der Waals surface area contributed by atoms with E-state index in [0.29, 0.717) is 11.1 Å². The number of azo groups is 1. The zero-order valence-electron chi connectivity index (χ0n) is 12.9. The van der Waals surface area contributed by atoms with Crippen molar-refractivity contribution in [3.8, 4) is 12.1 Å². The van der Waals surface area contributed by atoms with E-state index in [1.54, 1.807) is 43.3 Å². The Hall–Kier alpha value is -2.69. The van der Waals surface area contributed by atoms with Crippen molar-refractivity contribution in [1.82, 2.24) is 0 Å². The maximum atomic E-state index is 8.83. The van der Waals surface area contributed by atoms with Crippen LogP contribution in [0.25, 0.3) is 0 Å². The summed E-state index contributed by atoms with van der Waals surface area (Å²) < 4.78 is 0. The van der Waals surface area contributed by atoms with E-state index < -0.39 is 5.00 Å². The highest BCUT2D eigenvalue weighted by Gasteiger charge is 2.23. The summed E-state index contributed by atoms with van der Waals surface area (Å²) in [6, 6.07) is 18.2. The topological polar surface area (TPSA) is 72.3 Å². The van der Waals surface area contributed by atoms with Crippen LogP contribution in [0, 0.1) is 22.7 Å². The molecule has 0 fully saturated rings. The van der Waals surface area contributed by atoms with Crippen molar-refractivity contribution in [2.24, 2.45) is 10.2 Å². The largest absolute Gasteiger partial charge is 0.192 e. The molecule has 2 unspecified atom stereocenters. The Kier molecular flexibility index (Phi) is 5.11. The van der Waals surface area contributed by atoms with Gasteiger partial charge in [0, 0.05) is 0 Å². The van der Waals surface area contributed by atoms with E-state index in [1.165, 1.54) is 0 Å². The summed E-state index contributed by atoms with van der Waals surface area (Å²) in [6.45, 7) is 3.67. The fourth-order valence-electron chi connectivity index (χ4n) is 2.00. The maximum absolute atomic E-state index is 8.83. The van der Waals surface area contributed by atoms with Crippen molar-refractivity contribution < 1.29 is 0 Å². The lowest BCUT2D eigenvalue weighted by Gasteiger charge is -2.17. The predicted molar refractivity (Wildman–Crippen MR) is 88.8 cm³/mol. The van der Waals surface area contributed by atoms with E-state index in [9.17, 15) is 0 Å². The smallest absolute Gasteiger partial charge is 0.176 e. The molecule has 0 saturated carbocycles. The van der Waals surface area contributed by atoms with Crippen LogP contribution in [0.1, 0.15) is 42.1 Å². The van der Waals surface area contributed by atoms with E-state index >= 15 is 0 Å². The molecule has 0 spiro atoms. The highest BCUT2D eigenvalue weighted by molar-refractivity contribution is 6.23. The number of halogens is 1. The van der Waals surface area contributed by atoms with Gasteiger partial charge in [0.15, 0.2) is 5.00 Å². The zero-order chi connectivity index (χ0) is 16.9. The molecule has 0 amide bonds. The number of nitriles is 2. The van der Waals surface area contributed by atoms with Crippen molar-refractivity contribution >= 4 is 11.6 Å². The van der Waals surface area contributed by atoms with Crippen molar-refractivity contribution in [3.05, 3.63) is 70.8 Å². The number of rotatable bonds is 4. The first-order chi connectivity index (χ1) is 11.0. The lowest BCUT2D eigenvalue weighted by Crippen LogP contribution is -2.09. The molecular formula is C18H15ClN4. The van der Waals surface area contributed by atoms with Crippen molar-refractivity contribution in [3.63, 3.8) is 0 Å². The molecule has 0 aliphatic rings. The first-order valence-corrected chi connectivity index (χ1v) is 7.45. The SMILES string of the molecule is CC(N=NC(C)(Cl)c1ccc(C#N)cc1)c1ccc(C#N)cc1. The van der Waals surface area contributed by atoms with Crippen LogP contribution in [0.3, 0.4) is 0 Å². The standard InChI is InChI=1S/C18H15ClN4/c1-13(16-7-3-14(11-20)4-8-16)22-23-18(2,19)17-9-5-15(12-21)6-10-17/h3-10,13H,1-2H3. The van der Waals surface area contributed by atoms with Crippen LogP contribution in [-0.4, -0.2) is 0 Å². The predicted octanol–water partition coefficient (Wildman–Crippen LogP) is 5.05. The van der Waals surface area contributed by atoms with Crippen molar-refractivity contribution in [1.29, 1.82) is 10.5 Å². The molecule has 5 heteroatoms. The van der Waals surface area contributed by atoms with Gasteiger partial charge in [-0.15, -0.1) is 0 Å². The first kappa shape index (κ1) is 16.7. The van der Waals surface area contributed by atoms with E-state index in [2.05, 4.69) is 22.4 Å². The Balaban J connectivity index is 2.15. The monoisotopic (exact) mass is 322 g/mol. The molecule has 2 aromatic rings. The molecule has 0 aromatic heterocycles. The summed E-state index contributed by atoms with van der Waals surface area (Å²) in [6.07, 6.45) is 0. The van der Waals surface area contributed by atoms with Crippen molar-refractivity contribution in [2.45, 2.75) is 24.9 Å². The molecule has 23 heavy (non-hydrogen) atoms. The van der Waals surface area contributed by atoms with Gasteiger partial charge in [0.05, 0.1) is 29.3 Å². The molecule has 0 N–H and O–H groups in total. The van der Waals surface area contributed by atoms with E-state index in [-0.39, 0.29) is 6.04 Å². The molecule has 2 rings (SSSR count). The van der Waals surface area contributed by atoms with E-state index in [1.807, 2.05) is 19.1 Å². The summed E-state index contributed by atoms with van der Waals surface area (Å²) in [5, 5.41) is 26.2. The maximum Gasteiger partial charge on any atom is 0.176 e. The van der Waals surface area contributed by atoms with Crippen LogP contribution in [-0.2, 0) is 5.00 Å². The quantitative estimate of drug-likeness (QED) is 0.448. The molecule has 0 aliphatic carbocycles. The molecule has 0 saturated heterocycles. The first-order valence-electron chi connectivity index (χ1n) is 7.08. The van der Waals surface area contributed by atoms with Gasteiger partial charge < -0.3 is 0 Å². The lowest BCUT2D eigenvalue weighted by molar-refractivity contribution is 0.612. The fourth-order valence-corrected chi connectivity index (χ4v) is 2.17. The number of hydrogen-bond acceptors (Lipinski definition) is 4. The molecular weight excluding hydrogens is 308 g/mol. The average Bonchev–Trinajstić information content (AvgIpc) is 2.60. The van der Waals surface area contributed by atoms with Gasteiger partial charge in [-0.1, -0.05) is 35.9 Å². The summed E-state index contributed by atoms with van der Waals surface area (Å²) in [5.74, 6) is 0. The molecule has 4 nitrogen and oxygen atoms in total. The highest BCUT2D eigenvalue weighted by atomic mass is 35.5. The fraction of sp³-hybridized carbons (Fsp3) is 0.222. The molecule has 0 radical (unpaired) electrons. The van der Waals surface area contributed by atoms with Crippen LogP contribution >= 0.6 is 11.6 Å². The molecule has 2 aromatic carbocycles.